The van der Waals surface area contributed by atoms with Gasteiger partial charge in [-0.3, -0.25) is 0 Å². The molecule has 0 amide bonds. The van der Waals surface area contributed by atoms with Crippen LogP contribution >= 0.6 is 35.6 Å². The third-order valence-corrected chi connectivity index (χ3v) is 4.10. The summed E-state index contributed by atoms with van der Waals surface area (Å²) in [7, 11) is 0. The van der Waals surface area contributed by atoms with E-state index in [2.05, 4.69) is 25.8 Å². The van der Waals surface area contributed by atoms with Crippen LogP contribution in [0.15, 0.2) is 58.0 Å². The second-order valence-electron chi connectivity index (χ2n) is 6.02. The first kappa shape index (κ1) is 23.1. The largest absolute Gasteiger partial charge is 0.357 e. The van der Waals surface area contributed by atoms with Gasteiger partial charge in [-0.15, -0.1) is 24.0 Å². The predicted molar refractivity (Wildman–Crippen MR) is 123 cm³/mol. The molecule has 0 radical (unpaired) electrons. The Morgan fingerprint density at radius 3 is 2.76 bits per heavy atom. The van der Waals surface area contributed by atoms with Crippen LogP contribution in [0.2, 0.25) is 5.02 Å². The van der Waals surface area contributed by atoms with Crippen molar-refractivity contribution >= 4 is 41.5 Å². The molecule has 0 spiro atoms. The summed E-state index contributed by atoms with van der Waals surface area (Å²) in [4.78, 5) is 8.81. The SMILES string of the molecule is CCNC(=NCc1nc(-c2cccc(Cl)c2)no1)NCCc1cccc(F)c1.I. The van der Waals surface area contributed by atoms with E-state index >= 15 is 0 Å². The predicted octanol–water partition coefficient (Wildman–Crippen LogP) is 4.44. The van der Waals surface area contributed by atoms with Crippen molar-refractivity contribution in [3.8, 4) is 11.4 Å². The van der Waals surface area contributed by atoms with E-state index in [0.717, 1.165) is 11.1 Å². The van der Waals surface area contributed by atoms with Gasteiger partial charge in [-0.05, 0) is 43.2 Å². The number of guanidine groups is 1. The van der Waals surface area contributed by atoms with Crippen molar-refractivity contribution in [2.24, 2.45) is 4.99 Å². The van der Waals surface area contributed by atoms with Gasteiger partial charge < -0.3 is 15.2 Å². The third-order valence-electron chi connectivity index (χ3n) is 3.86. The van der Waals surface area contributed by atoms with E-state index in [9.17, 15) is 4.39 Å². The fourth-order valence-electron chi connectivity index (χ4n) is 2.57. The molecule has 0 atom stereocenters. The van der Waals surface area contributed by atoms with Gasteiger partial charge in [0.15, 0.2) is 5.96 Å². The fraction of sp³-hybridized carbons (Fsp3) is 0.250. The molecule has 1 aromatic heterocycles. The lowest BCUT2D eigenvalue weighted by Crippen LogP contribution is -2.38. The lowest BCUT2D eigenvalue weighted by atomic mass is 10.1. The Bertz CT molecular complexity index is 950. The molecular weight excluding hydrogens is 508 g/mol. The van der Waals surface area contributed by atoms with Gasteiger partial charge in [0.1, 0.15) is 12.4 Å². The summed E-state index contributed by atoms with van der Waals surface area (Å²) in [6.07, 6.45) is 0.682. The van der Waals surface area contributed by atoms with Crippen molar-refractivity contribution in [1.29, 1.82) is 0 Å². The highest BCUT2D eigenvalue weighted by atomic mass is 127. The number of hydrogen-bond acceptors (Lipinski definition) is 4. The number of rotatable bonds is 7. The van der Waals surface area contributed by atoms with Crippen molar-refractivity contribution in [3.05, 3.63) is 70.8 Å². The van der Waals surface area contributed by atoms with E-state index in [1.165, 1.54) is 12.1 Å². The minimum Gasteiger partial charge on any atom is -0.357 e. The standard InChI is InChI=1S/C20H21ClFN5O.HI/c1-2-23-20(24-10-9-14-5-3-8-17(22)11-14)25-13-18-26-19(27-28-18)15-6-4-7-16(21)12-15;/h3-8,11-12H,2,9-10,13H2,1H3,(H2,23,24,25);1H. The molecule has 154 valence electrons. The molecule has 3 aromatic rings. The van der Waals surface area contributed by atoms with Crippen molar-refractivity contribution in [3.63, 3.8) is 0 Å². The summed E-state index contributed by atoms with van der Waals surface area (Å²) in [6, 6.07) is 13.8. The maximum Gasteiger partial charge on any atom is 0.248 e. The Kier molecular flexibility index (Phi) is 9.33. The van der Waals surface area contributed by atoms with Crippen LogP contribution in [-0.2, 0) is 13.0 Å². The average molecular weight is 530 g/mol. The molecule has 2 aromatic carbocycles. The molecule has 0 saturated carbocycles. The van der Waals surface area contributed by atoms with Crippen molar-refractivity contribution in [2.75, 3.05) is 13.1 Å². The van der Waals surface area contributed by atoms with Crippen LogP contribution in [0.4, 0.5) is 4.39 Å². The zero-order valence-electron chi connectivity index (χ0n) is 15.9. The lowest BCUT2D eigenvalue weighted by Gasteiger charge is -2.10. The molecule has 0 aliphatic heterocycles. The van der Waals surface area contributed by atoms with Crippen LogP contribution in [0, 0.1) is 5.82 Å². The Morgan fingerprint density at radius 2 is 2.00 bits per heavy atom. The summed E-state index contributed by atoms with van der Waals surface area (Å²) in [5.41, 5.74) is 1.71. The van der Waals surface area contributed by atoms with Crippen molar-refractivity contribution in [2.45, 2.75) is 19.9 Å². The summed E-state index contributed by atoms with van der Waals surface area (Å²) in [5, 5.41) is 10.9. The lowest BCUT2D eigenvalue weighted by molar-refractivity contribution is 0.380. The molecule has 0 bridgehead atoms. The van der Waals surface area contributed by atoms with Crippen LogP contribution in [0.1, 0.15) is 18.4 Å². The van der Waals surface area contributed by atoms with Crippen LogP contribution in [0.25, 0.3) is 11.4 Å². The Hall–Kier alpha value is -2.20. The van der Waals surface area contributed by atoms with Gasteiger partial charge in [0.2, 0.25) is 11.7 Å². The van der Waals surface area contributed by atoms with E-state index in [0.29, 0.717) is 42.2 Å². The molecule has 0 fully saturated rings. The van der Waals surface area contributed by atoms with E-state index in [-0.39, 0.29) is 36.3 Å². The van der Waals surface area contributed by atoms with Gasteiger partial charge in [-0.25, -0.2) is 9.38 Å². The molecular formula is C20H22ClFIN5O. The number of nitrogens with zero attached hydrogens (tertiary/aromatic N) is 3. The van der Waals surface area contributed by atoms with E-state index in [4.69, 9.17) is 16.1 Å². The first-order valence-electron chi connectivity index (χ1n) is 8.99. The molecule has 29 heavy (non-hydrogen) atoms. The van der Waals surface area contributed by atoms with E-state index in [1.807, 2.05) is 25.1 Å². The molecule has 3 rings (SSSR count). The molecule has 2 N–H and O–H groups in total. The maximum atomic E-state index is 13.2. The smallest absolute Gasteiger partial charge is 0.248 e. The summed E-state index contributed by atoms with van der Waals surface area (Å²) >= 11 is 6.00. The highest BCUT2D eigenvalue weighted by Gasteiger charge is 2.09. The highest BCUT2D eigenvalue weighted by Crippen LogP contribution is 2.20. The second-order valence-corrected chi connectivity index (χ2v) is 6.46. The monoisotopic (exact) mass is 529 g/mol. The Labute approximate surface area is 191 Å². The van der Waals surface area contributed by atoms with Gasteiger partial charge in [-0.1, -0.05) is 41.0 Å². The van der Waals surface area contributed by atoms with Gasteiger partial charge >= 0.3 is 0 Å². The molecule has 6 nitrogen and oxygen atoms in total. The van der Waals surface area contributed by atoms with Gasteiger partial charge in [-0.2, -0.15) is 4.98 Å². The number of nitrogens with one attached hydrogen (secondary N) is 2. The van der Waals surface area contributed by atoms with Crippen molar-refractivity contribution in [1.82, 2.24) is 20.8 Å². The maximum absolute atomic E-state index is 13.2. The Balaban J connectivity index is 0.00000300. The summed E-state index contributed by atoms with van der Waals surface area (Å²) in [6.45, 7) is 3.55. The first-order valence-corrected chi connectivity index (χ1v) is 9.37. The number of halogens is 3. The van der Waals surface area contributed by atoms with E-state index < -0.39 is 0 Å². The number of aliphatic imine (C=N–C) groups is 1. The minimum atomic E-state index is -0.232. The summed E-state index contributed by atoms with van der Waals surface area (Å²) < 4.78 is 18.5. The molecule has 9 heteroatoms. The number of benzene rings is 2. The van der Waals surface area contributed by atoms with Crippen LogP contribution in [0.3, 0.4) is 0 Å². The van der Waals surface area contributed by atoms with Gasteiger partial charge in [0.05, 0.1) is 0 Å². The second kappa shape index (κ2) is 11.7. The van der Waals surface area contributed by atoms with Gasteiger partial charge in [0.25, 0.3) is 0 Å². The molecule has 0 aliphatic carbocycles. The normalized spacial score (nSPS) is 11.1. The zero-order chi connectivity index (χ0) is 19.8. The van der Waals surface area contributed by atoms with Crippen LogP contribution < -0.4 is 10.6 Å². The van der Waals surface area contributed by atoms with Crippen LogP contribution in [-0.4, -0.2) is 29.2 Å². The molecule has 0 saturated heterocycles. The van der Waals surface area contributed by atoms with Crippen LogP contribution in [0.5, 0.6) is 0 Å². The number of hydrogen-bond donors (Lipinski definition) is 2. The van der Waals surface area contributed by atoms with Crippen molar-refractivity contribution < 1.29 is 8.91 Å². The Morgan fingerprint density at radius 1 is 1.17 bits per heavy atom. The van der Waals surface area contributed by atoms with Gasteiger partial charge in [0, 0.05) is 23.7 Å². The average Bonchev–Trinajstić information content (AvgIpc) is 3.15. The molecule has 0 unspecified atom stereocenters. The minimum absolute atomic E-state index is 0. The molecule has 1 heterocycles. The molecule has 0 aliphatic rings. The first-order chi connectivity index (χ1) is 13.6. The highest BCUT2D eigenvalue weighted by molar-refractivity contribution is 14.0. The zero-order valence-corrected chi connectivity index (χ0v) is 18.9. The fourth-order valence-corrected chi connectivity index (χ4v) is 2.76. The number of aromatic nitrogens is 2. The quantitative estimate of drug-likeness (QED) is 0.269. The third kappa shape index (κ3) is 7.28. The van der Waals surface area contributed by atoms with E-state index in [1.54, 1.807) is 18.2 Å². The summed E-state index contributed by atoms with van der Waals surface area (Å²) in [5.74, 6) is 1.26. The topological polar surface area (TPSA) is 75.3 Å².